The fourth-order valence-electron chi connectivity index (χ4n) is 1.83. The molecule has 0 unspecified atom stereocenters. The van der Waals surface area contributed by atoms with Crippen LogP contribution < -0.4 is 0 Å². The topological polar surface area (TPSA) is 17.1 Å². The Bertz CT molecular complexity index is 187. The van der Waals surface area contributed by atoms with Gasteiger partial charge in [-0.3, -0.25) is 4.79 Å². The average Bonchev–Trinajstić information content (AvgIpc) is 2.14. The molecule has 0 atom stereocenters. The van der Waals surface area contributed by atoms with Crippen LogP contribution in [0.1, 0.15) is 52.9 Å². The Morgan fingerprint density at radius 3 is 2.29 bits per heavy atom. The molecule has 0 amide bonds. The maximum atomic E-state index is 11.8. The Kier molecular flexibility index (Phi) is 4.49. The van der Waals surface area contributed by atoms with Gasteiger partial charge in [0.2, 0.25) is 0 Å². The molecule has 1 fully saturated rings. The lowest BCUT2D eigenvalue weighted by molar-refractivity contribution is -0.121. The normalized spacial score (nSPS) is 19.6. The molecular formula is C12H22OS. The summed E-state index contributed by atoms with van der Waals surface area (Å²) in [6, 6.07) is 0. The van der Waals surface area contributed by atoms with Crippen LogP contribution in [-0.4, -0.2) is 16.3 Å². The smallest absolute Gasteiger partial charge is 0.145 e. The average molecular weight is 214 g/mol. The summed E-state index contributed by atoms with van der Waals surface area (Å²) in [7, 11) is 0. The minimum Gasteiger partial charge on any atom is -0.298 e. The first-order valence-corrected chi connectivity index (χ1v) is 6.64. The van der Waals surface area contributed by atoms with Crippen LogP contribution in [0.2, 0.25) is 0 Å². The zero-order chi connectivity index (χ0) is 10.6. The number of rotatable bonds is 3. The molecule has 0 spiro atoms. The molecule has 14 heavy (non-hydrogen) atoms. The first kappa shape index (κ1) is 12.1. The number of hydrogen-bond donors (Lipinski definition) is 0. The summed E-state index contributed by atoms with van der Waals surface area (Å²) in [5.74, 6) is 1.59. The van der Waals surface area contributed by atoms with Crippen molar-refractivity contribution in [3.05, 3.63) is 0 Å². The van der Waals surface area contributed by atoms with E-state index in [1.807, 2.05) is 0 Å². The summed E-state index contributed by atoms with van der Waals surface area (Å²) >= 11 is 1.79. The van der Waals surface area contributed by atoms with Gasteiger partial charge in [0, 0.05) is 10.7 Å². The summed E-state index contributed by atoms with van der Waals surface area (Å²) in [5, 5.41) is 0. The molecule has 2 heteroatoms. The van der Waals surface area contributed by atoms with Crippen LogP contribution in [0.15, 0.2) is 0 Å². The Balaban J connectivity index is 2.27. The SMILES string of the molecule is CC(C)(C)SCC(=O)C1CCCCC1. The second kappa shape index (κ2) is 5.20. The van der Waals surface area contributed by atoms with Gasteiger partial charge >= 0.3 is 0 Å². The van der Waals surface area contributed by atoms with Crippen LogP contribution in [0.4, 0.5) is 0 Å². The second-order valence-corrected chi connectivity index (χ2v) is 7.00. The van der Waals surface area contributed by atoms with Gasteiger partial charge in [-0.1, -0.05) is 40.0 Å². The third kappa shape index (κ3) is 4.50. The lowest BCUT2D eigenvalue weighted by Crippen LogP contribution is -2.22. The summed E-state index contributed by atoms with van der Waals surface area (Å²) in [6.45, 7) is 6.52. The maximum Gasteiger partial charge on any atom is 0.145 e. The quantitative estimate of drug-likeness (QED) is 0.713. The monoisotopic (exact) mass is 214 g/mol. The van der Waals surface area contributed by atoms with Crippen LogP contribution in [0.5, 0.6) is 0 Å². The number of carbonyl (C=O) groups excluding carboxylic acids is 1. The highest BCUT2D eigenvalue weighted by molar-refractivity contribution is 8.01. The number of carbonyl (C=O) groups is 1. The van der Waals surface area contributed by atoms with Crippen LogP contribution in [0.3, 0.4) is 0 Å². The number of ketones is 1. The van der Waals surface area contributed by atoms with Crippen LogP contribution in [-0.2, 0) is 4.79 Å². The Morgan fingerprint density at radius 2 is 1.79 bits per heavy atom. The first-order valence-electron chi connectivity index (χ1n) is 5.66. The molecule has 0 radical (unpaired) electrons. The van der Waals surface area contributed by atoms with Gasteiger partial charge < -0.3 is 0 Å². The molecule has 1 aliphatic carbocycles. The van der Waals surface area contributed by atoms with E-state index >= 15 is 0 Å². The molecular weight excluding hydrogens is 192 g/mol. The lowest BCUT2D eigenvalue weighted by atomic mass is 9.87. The molecule has 1 rings (SSSR count). The molecule has 1 nitrogen and oxygen atoms in total. The molecule has 1 saturated carbocycles. The highest BCUT2D eigenvalue weighted by Crippen LogP contribution is 2.28. The zero-order valence-corrected chi connectivity index (χ0v) is 10.5. The van der Waals surface area contributed by atoms with Gasteiger partial charge in [0.15, 0.2) is 0 Å². The van der Waals surface area contributed by atoms with E-state index in [4.69, 9.17) is 0 Å². The number of Topliss-reactive ketones (excluding diaryl/α,β-unsaturated/α-hetero) is 1. The fraction of sp³-hybridized carbons (Fsp3) is 0.917. The van der Waals surface area contributed by atoms with Gasteiger partial charge in [-0.15, -0.1) is 11.8 Å². The van der Waals surface area contributed by atoms with Crippen LogP contribution in [0, 0.1) is 5.92 Å². The predicted octanol–water partition coefficient (Wildman–Crippen LogP) is 3.67. The molecule has 0 aromatic rings. The number of thioether (sulfide) groups is 1. The standard InChI is InChI=1S/C12H22OS/c1-12(2,3)14-9-11(13)10-7-5-4-6-8-10/h10H,4-9H2,1-3H3. The van der Waals surface area contributed by atoms with Crippen molar-refractivity contribution in [2.24, 2.45) is 5.92 Å². The molecule has 0 aromatic heterocycles. The van der Waals surface area contributed by atoms with Gasteiger partial charge in [-0.2, -0.15) is 0 Å². The highest BCUT2D eigenvalue weighted by Gasteiger charge is 2.22. The lowest BCUT2D eigenvalue weighted by Gasteiger charge is -2.22. The third-order valence-corrected chi connectivity index (χ3v) is 4.00. The summed E-state index contributed by atoms with van der Waals surface area (Å²) in [4.78, 5) is 11.8. The van der Waals surface area contributed by atoms with E-state index in [-0.39, 0.29) is 4.75 Å². The van der Waals surface area contributed by atoms with Gasteiger partial charge in [0.1, 0.15) is 5.78 Å². The van der Waals surface area contributed by atoms with E-state index in [2.05, 4.69) is 20.8 Å². The molecule has 0 N–H and O–H groups in total. The molecule has 0 heterocycles. The Labute approximate surface area is 92.0 Å². The Morgan fingerprint density at radius 1 is 1.21 bits per heavy atom. The summed E-state index contributed by atoms with van der Waals surface area (Å²) < 4.78 is 0.227. The molecule has 0 aromatic carbocycles. The van der Waals surface area contributed by atoms with Crippen molar-refractivity contribution < 1.29 is 4.79 Å². The van der Waals surface area contributed by atoms with E-state index in [1.54, 1.807) is 11.8 Å². The second-order valence-electron chi connectivity index (χ2n) is 5.20. The molecule has 0 saturated heterocycles. The fourth-order valence-corrected chi connectivity index (χ4v) is 2.64. The molecule has 0 aliphatic heterocycles. The molecule has 1 aliphatic rings. The van der Waals surface area contributed by atoms with Gasteiger partial charge in [0.05, 0.1) is 5.75 Å². The Hall–Kier alpha value is 0.0200. The van der Waals surface area contributed by atoms with Crippen molar-refractivity contribution >= 4 is 17.5 Å². The van der Waals surface area contributed by atoms with E-state index in [9.17, 15) is 4.79 Å². The summed E-state index contributed by atoms with van der Waals surface area (Å²) in [5.41, 5.74) is 0. The zero-order valence-electron chi connectivity index (χ0n) is 9.64. The van der Waals surface area contributed by atoms with Gasteiger partial charge in [-0.05, 0) is 12.8 Å². The third-order valence-electron chi connectivity index (χ3n) is 2.71. The van der Waals surface area contributed by atoms with Crippen molar-refractivity contribution in [1.82, 2.24) is 0 Å². The van der Waals surface area contributed by atoms with Crippen molar-refractivity contribution in [1.29, 1.82) is 0 Å². The highest BCUT2D eigenvalue weighted by atomic mass is 32.2. The van der Waals surface area contributed by atoms with E-state index in [0.29, 0.717) is 17.5 Å². The predicted molar refractivity (Wildman–Crippen MR) is 63.8 cm³/mol. The maximum absolute atomic E-state index is 11.8. The van der Waals surface area contributed by atoms with Crippen LogP contribution >= 0.6 is 11.8 Å². The van der Waals surface area contributed by atoms with E-state index in [0.717, 1.165) is 12.8 Å². The molecule has 0 bridgehead atoms. The minimum absolute atomic E-state index is 0.227. The largest absolute Gasteiger partial charge is 0.298 e. The minimum atomic E-state index is 0.227. The van der Waals surface area contributed by atoms with Gasteiger partial charge in [-0.25, -0.2) is 0 Å². The van der Waals surface area contributed by atoms with E-state index in [1.165, 1.54) is 19.3 Å². The van der Waals surface area contributed by atoms with Crippen molar-refractivity contribution in [2.75, 3.05) is 5.75 Å². The van der Waals surface area contributed by atoms with Crippen molar-refractivity contribution in [2.45, 2.75) is 57.6 Å². The van der Waals surface area contributed by atoms with Crippen LogP contribution in [0.25, 0.3) is 0 Å². The first-order chi connectivity index (χ1) is 6.49. The van der Waals surface area contributed by atoms with Gasteiger partial charge in [0.25, 0.3) is 0 Å². The van der Waals surface area contributed by atoms with E-state index < -0.39 is 0 Å². The van der Waals surface area contributed by atoms with Crippen molar-refractivity contribution in [3.63, 3.8) is 0 Å². The molecule has 82 valence electrons. The number of hydrogen-bond acceptors (Lipinski definition) is 2. The van der Waals surface area contributed by atoms with Crippen molar-refractivity contribution in [3.8, 4) is 0 Å². The summed E-state index contributed by atoms with van der Waals surface area (Å²) in [6.07, 6.45) is 6.14.